The van der Waals surface area contributed by atoms with Gasteiger partial charge in [-0.1, -0.05) is 17.7 Å². The van der Waals surface area contributed by atoms with Gasteiger partial charge in [0.15, 0.2) is 0 Å². The van der Waals surface area contributed by atoms with Crippen molar-refractivity contribution in [3.63, 3.8) is 0 Å². The third-order valence-corrected chi connectivity index (χ3v) is 5.00. The number of benzene rings is 1. The first kappa shape index (κ1) is 13.7. The Morgan fingerprint density at radius 3 is 3.00 bits per heavy atom. The minimum Gasteiger partial charge on any atom is -0.397 e. The zero-order valence-electron chi connectivity index (χ0n) is 11.0. The topological polar surface area (TPSA) is 58.4 Å². The quantitative estimate of drug-likeness (QED) is 0.851. The SMILES string of the molecule is Nc1c(C(=O)N2CCCNCC2)sc2cccc(Cl)c12. The number of carbonyl (C=O) groups is 1. The number of nitrogens with one attached hydrogen (secondary N) is 1. The number of rotatable bonds is 1. The Morgan fingerprint density at radius 1 is 1.35 bits per heavy atom. The Labute approximate surface area is 126 Å². The van der Waals surface area contributed by atoms with Gasteiger partial charge in [0, 0.05) is 29.7 Å². The van der Waals surface area contributed by atoms with Crippen LogP contribution in [0, 0.1) is 0 Å². The zero-order chi connectivity index (χ0) is 14.1. The molecule has 3 N–H and O–H groups in total. The Kier molecular flexibility index (Phi) is 3.83. The molecule has 3 rings (SSSR count). The van der Waals surface area contributed by atoms with Gasteiger partial charge in [-0.15, -0.1) is 11.3 Å². The van der Waals surface area contributed by atoms with Crippen molar-refractivity contribution in [3.8, 4) is 0 Å². The molecule has 0 atom stereocenters. The van der Waals surface area contributed by atoms with E-state index in [4.69, 9.17) is 17.3 Å². The predicted octanol–water partition coefficient (Wildman–Crippen LogP) is 2.57. The number of amides is 1. The number of halogens is 1. The second-order valence-corrected chi connectivity index (χ2v) is 6.31. The normalized spacial score (nSPS) is 16.4. The van der Waals surface area contributed by atoms with Crippen molar-refractivity contribution in [3.05, 3.63) is 28.1 Å². The van der Waals surface area contributed by atoms with Gasteiger partial charge in [0.2, 0.25) is 0 Å². The summed E-state index contributed by atoms with van der Waals surface area (Å²) in [5, 5.41) is 4.70. The van der Waals surface area contributed by atoms with Crippen LogP contribution in [0.1, 0.15) is 16.1 Å². The van der Waals surface area contributed by atoms with Crippen LogP contribution in [0.5, 0.6) is 0 Å². The van der Waals surface area contributed by atoms with Crippen LogP contribution in [-0.4, -0.2) is 37.0 Å². The number of hydrogen-bond donors (Lipinski definition) is 2. The molecule has 0 spiro atoms. The average Bonchev–Trinajstić information content (AvgIpc) is 2.65. The second-order valence-electron chi connectivity index (χ2n) is 4.85. The first-order valence-corrected chi connectivity index (χ1v) is 7.84. The number of fused-ring (bicyclic) bond motifs is 1. The molecule has 20 heavy (non-hydrogen) atoms. The molecule has 0 radical (unpaired) electrons. The molecule has 0 bridgehead atoms. The first-order valence-electron chi connectivity index (χ1n) is 6.65. The summed E-state index contributed by atoms with van der Waals surface area (Å²) in [6.07, 6.45) is 0.970. The van der Waals surface area contributed by atoms with Crippen LogP contribution >= 0.6 is 22.9 Å². The maximum atomic E-state index is 12.6. The minimum absolute atomic E-state index is 0.0171. The van der Waals surface area contributed by atoms with Crippen LogP contribution in [0.2, 0.25) is 5.02 Å². The molecule has 1 aliphatic heterocycles. The standard InChI is InChI=1S/C14H16ClN3OS/c15-9-3-1-4-10-11(9)12(16)13(20-10)14(19)18-7-2-5-17-6-8-18/h1,3-4,17H,2,5-8,16H2. The molecule has 2 heterocycles. The highest BCUT2D eigenvalue weighted by atomic mass is 35.5. The lowest BCUT2D eigenvalue weighted by molar-refractivity contribution is 0.0772. The molecular formula is C14H16ClN3OS. The molecule has 0 aliphatic carbocycles. The molecule has 1 amide bonds. The number of nitrogen functional groups attached to an aromatic ring is 1. The van der Waals surface area contributed by atoms with Gasteiger partial charge in [-0.2, -0.15) is 0 Å². The molecule has 0 unspecified atom stereocenters. The van der Waals surface area contributed by atoms with Crippen LogP contribution in [0.4, 0.5) is 5.69 Å². The number of nitrogens with two attached hydrogens (primary N) is 1. The predicted molar refractivity (Wildman–Crippen MR) is 84.6 cm³/mol. The van der Waals surface area contributed by atoms with E-state index < -0.39 is 0 Å². The van der Waals surface area contributed by atoms with Crippen molar-refractivity contribution in [2.45, 2.75) is 6.42 Å². The van der Waals surface area contributed by atoms with Crippen molar-refractivity contribution >= 4 is 44.6 Å². The van der Waals surface area contributed by atoms with Gasteiger partial charge >= 0.3 is 0 Å². The molecule has 2 aromatic rings. The van der Waals surface area contributed by atoms with E-state index >= 15 is 0 Å². The van der Waals surface area contributed by atoms with E-state index in [0.29, 0.717) is 15.6 Å². The van der Waals surface area contributed by atoms with Gasteiger partial charge in [0.25, 0.3) is 5.91 Å². The van der Waals surface area contributed by atoms with Crippen molar-refractivity contribution in [2.75, 3.05) is 31.9 Å². The van der Waals surface area contributed by atoms with Gasteiger partial charge in [-0.3, -0.25) is 4.79 Å². The molecule has 4 nitrogen and oxygen atoms in total. The summed E-state index contributed by atoms with van der Waals surface area (Å²) < 4.78 is 0.964. The summed E-state index contributed by atoms with van der Waals surface area (Å²) in [5.41, 5.74) is 6.66. The molecular weight excluding hydrogens is 294 g/mol. The van der Waals surface area contributed by atoms with Crippen LogP contribution in [0.25, 0.3) is 10.1 Å². The van der Waals surface area contributed by atoms with Gasteiger partial charge in [0.05, 0.1) is 10.7 Å². The molecule has 1 aromatic carbocycles. The number of thiophene rings is 1. The molecule has 106 valence electrons. The fourth-order valence-electron chi connectivity index (χ4n) is 2.48. The van der Waals surface area contributed by atoms with E-state index in [9.17, 15) is 4.79 Å². The third-order valence-electron chi connectivity index (χ3n) is 3.52. The van der Waals surface area contributed by atoms with Crippen molar-refractivity contribution in [1.82, 2.24) is 10.2 Å². The average molecular weight is 310 g/mol. The summed E-state index contributed by atoms with van der Waals surface area (Å²) in [6, 6.07) is 5.63. The van der Waals surface area contributed by atoms with Crippen LogP contribution in [-0.2, 0) is 0 Å². The Morgan fingerprint density at radius 2 is 2.20 bits per heavy atom. The summed E-state index contributed by atoms with van der Waals surface area (Å²) in [6.45, 7) is 3.28. The zero-order valence-corrected chi connectivity index (χ0v) is 12.6. The number of carbonyl (C=O) groups excluding carboxylic acids is 1. The number of hydrogen-bond acceptors (Lipinski definition) is 4. The van der Waals surface area contributed by atoms with E-state index in [-0.39, 0.29) is 5.91 Å². The van der Waals surface area contributed by atoms with E-state index in [1.54, 1.807) is 6.07 Å². The monoisotopic (exact) mass is 309 g/mol. The Hall–Kier alpha value is -1.30. The van der Waals surface area contributed by atoms with Gasteiger partial charge in [-0.25, -0.2) is 0 Å². The van der Waals surface area contributed by atoms with E-state index in [1.807, 2.05) is 17.0 Å². The van der Waals surface area contributed by atoms with E-state index in [0.717, 1.165) is 42.7 Å². The third kappa shape index (κ3) is 2.37. The maximum Gasteiger partial charge on any atom is 0.266 e. The van der Waals surface area contributed by atoms with E-state index in [1.165, 1.54) is 11.3 Å². The largest absolute Gasteiger partial charge is 0.397 e. The highest BCUT2D eigenvalue weighted by Crippen LogP contribution is 2.38. The molecule has 1 aromatic heterocycles. The second kappa shape index (κ2) is 5.60. The molecule has 1 fully saturated rings. The lowest BCUT2D eigenvalue weighted by Gasteiger charge is -2.19. The van der Waals surface area contributed by atoms with Crippen molar-refractivity contribution in [2.24, 2.45) is 0 Å². The summed E-state index contributed by atoms with van der Waals surface area (Å²) in [7, 11) is 0. The number of anilines is 1. The first-order chi connectivity index (χ1) is 9.68. The van der Waals surface area contributed by atoms with Crippen LogP contribution < -0.4 is 11.1 Å². The minimum atomic E-state index is 0.0171. The van der Waals surface area contributed by atoms with E-state index in [2.05, 4.69) is 5.32 Å². The molecule has 6 heteroatoms. The Balaban J connectivity index is 1.99. The highest BCUT2D eigenvalue weighted by molar-refractivity contribution is 7.21. The van der Waals surface area contributed by atoms with Gasteiger partial charge < -0.3 is 16.0 Å². The lowest BCUT2D eigenvalue weighted by atomic mass is 10.2. The summed E-state index contributed by atoms with van der Waals surface area (Å²) >= 11 is 7.61. The van der Waals surface area contributed by atoms with Crippen molar-refractivity contribution < 1.29 is 4.79 Å². The smallest absolute Gasteiger partial charge is 0.266 e. The number of nitrogens with zero attached hydrogens (tertiary/aromatic N) is 1. The Bertz CT molecular complexity index is 647. The maximum absolute atomic E-state index is 12.6. The fraction of sp³-hybridized carbons (Fsp3) is 0.357. The van der Waals surface area contributed by atoms with Crippen LogP contribution in [0.3, 0.4) is 0 Å². The molecule has 1 aliphatic rings. The van der Waals surface area contributed by atoms with Gasteiger partial charge in [-0.05, 0) is 25.1 Å². The summed E-state index contributed by atoms with van der Waals surface area (Å²) in [5.74, 6) is 0.0171. The molecule has 1 saturated heterocycles. The fourth-order valence-corrected chi connectivity index (χ4v) is 3.93. The molecule has 0 saturated carbocycles. The summed E-state index contributed by atoms with van der Waals surface area (Å²) in [4.78, 5) is 15.1. The van der Waals surface area contributed by atoms with Crippen molar-refractivity contribution in [1.29, 1.82) is 0 Å². The van der Waals surface area contributed by atoms with Gasteiger partial charge in [0.1, 0.15) is 4.88 Å². The highest BCUT2D eigenvalue weighted by Gasteiger charge is 2.23. The van der Waals surface area contributed by atoms with Crippen LogP contribution in [0.15, 0.2) is 18.2 Å². The lowest BCUT2D eigenvalue weighted by Crippen LogP contribution is -2.34.